The van der Waals surface area contributed by atoms with Gasteiger partial charge in [-0.2, -0.15) is 0 Å². The first kappa shape index (κ1) is 16.9. The summed E-state index contributed by atoms with van der Waals surface area (Å²) < 4.78 is 5.49. The van der Waals surface area contributed by atoms with E-state index in [0.29, 0.717) is 13.0 Å². The summed E-state index contributed by atoms with van der Waals surface area (Å²) in [7, 11) is 0. The molecule has 0 aliphatic carbocycles. The predicted molar refractivity (Wildman–Crippen MR) is 89.2 cm³/mol. The Morgan fingerprint density at radius 2 is 2.12 bits per heavy atom. The molecule has 2 aliphatic rings. The molecule has 6 nitrogen and oxygen atoms in total. The van der Waals surface area contributed by atoms with E-state index in [1.807, 2.05) is 17.4 Å². The standard InChI is InChI=1S/C18H25N3O3/c1-12(17(22)20-11-15-7-4-8-24-15)21-18(23)16-9-13-5-2-3-6-14(13)10-19-16/h2-3,5-6,12,15-16,19H,4,7-11H2,1H3,(H,20,22)(H,21,23)/p+1/t12-,15+,16+/m1/s1. The summed E-state index contributed by atoms with van der Waals surface area (Å²) >= 11 is 0. The third-order valence-corrected chi connectivity index (χ3v) is 4.80. The number of amides is 2. The molecule has 3 atom stereocenters. The van der Waals surface area contributed by atoms with E-state index in [1.165, 1.54) is 11.1 Å². The molecule has 1 fully saturated rings. The second-order valence-electron chi connectivity index (χ2n) is 6.63. The topological polar surface area (TPSA) is 84.0 Å². The summed E-state index contributed by atoms with van der Waals surface area (Å²) in [5.41, 5.74) is 2.50. The molecule has 0 radical (unpaired) electrons. The molecule has 2 aliphatic heterocycles. The molecule has 1 aromatic carbocycles. The molecular formula is C18H26N3O3+. The van der Waals surface area contributed by atoms with Crippen molar-refractivity contribution >= 4 is 11.8 Å². The van der Waals surface area contributed by atoms with Crippen molar-refractivity contribution in [1.29, 1.82) is 0 Å². The van der Waals surface area contributed by atoms with Crippen LogP contribution in [0.4, 0.5) is 0 Å². The van der Waals surface area contributed by atoms with Crippen LogP contribution in [0.25, 0.3) is 0 Å². The highest BCUT2D eigenvalue weighted by Gasteiger charge is 2.29. The molecule has 24 heavy (non-hydrogen) atoms. The van der Waals surface area contributed by atoms with E-state index in [9.17, 15) is 9.59 Å². The number of hydrogen-bond acceptors (Lipinski definition) is 3. The Hall–Kier alpha value is -1.92. The van der Waals surface area contributed by atoms with Gasteiger partial charge in [0.05, 0.1) is 6.10 Å². The van der Waals surface area contributed by atoms with E-state index in [2.05, 4.69) is 22.8 Å². The number of hydrogen-bond donors (Lipinski definition) is 3. The highest BCUT2D eigenvalue weighted by molar-refractivity contribution is 5.89. The van der Waals surface area contributed by atoms with Gasteiger partial charge in [0.25, 0.3) is 5.91 Å². The Labute approximate surface area is 142 Å². The van der Waals surface area contributed by atoms with Gasteiger partial charge in [-0.05, 0) is 25.3 Å². The van der Waals surface area contributed by atoms with Crippen LogP contribution in [0.5, 0.6) is 0 Å². The molecule has 6 heteroatoms. The van der Waals surface area contributed by atoms with Crippen LogP contribution in [0.1, 0.15) is 30.9 Å². The number of fused-ring (bicyclic) bond motifs is 1. The Bertz CT molecular complexity index is 599. The Balaban J connectivity index is 1.46. The van der Waals surface area contributed by atoms with E-state index >= 15 is 0 Å². The summed E-state index contributed by atoms with van der Waals surface area (Å²) in [6.07, 6.45) is 2.84. The average molecular weight is 332 g/mol. The van der Waals surface area contributed by atoms with E-state index in [4.69, 9.17) is 4.74 Å². The van der Waals surface area contributed by atoms with Gasteiger partial charge in [0.1, 0.15) is 12.6 Å². The minimum Gasteiger partial charge on any atom is -0.376 e. The molecule has 0 spiro atoms. The minimum absolute atomic E-state index is 0.0794. The van der Waals surface area contributed by atoms with Crippen molar-refractivity contribution in [3.05, 3.63) is 35.4 Å². The van der Waals surface area contributed by atoms with Gasteiger partial charge < -0.3 is 20.7 Å². The first-order valence-electron chi connectivity index (χ1n) is 8.73. The lowest BCUT2D eigenvalue weighted by molar-refractivity contribution is -0.695. The van der Waals surface area contributed by atoms with E-state index in [0.717, 1.165) is 26.0 Å². The van der Waals surface area contributed by atoms with Crippen LogP contribution < -0.4 is 16.0 Å². The zero-order valence-electron chi connectivity index (χ0n) is 14.1. The number of carbonyl (C=O) groups excluding carboxylic acids is 2. The number of ether oxygens (including phenoxy) is 1. The highest BCUT2D eigenvalue weighted by Crippen LogP contribution is 2.13. The third-order valence-electron chi connectivity index (χ3n) is 4.80. The molecule has 3 rings (SSSR count). The van der Waals surface area contributed by atoms with Gasteiger partial charge in [-0.15, -0.1) is 0 Å². The molecule has 2 amide bonds. The molecule has 0 aromatic heterocycles. The van der Waals surface area contributed by atoms with Crippen molar-refractivity contribution in [2.75, 3.05) is 13.2 Å². The van der Waals surface area contributed by atoms with Gasteiger partial charge in [0, 0.05) is 25.1 Å². The number of quaternary nitrogens is 1. The third kappa shape index (κ3) is 4.13. The largest absolute Gasteiger partial charge is 0.376 e. The monoisotopic (exact) mass is 332 g/mol. The summed E-state index contributed by atoms with van der Waals surface area (Å²) in [6.45, 7) is 3.81. The molecule has 0 saturated carbocycles. The minimum atomic E-state index is -0.538. The van der Waals surface area contributed by atoms with Crippen LogP contribution in [0, 0.1) is 0 Å². The molecular weight excluding hydrogens is 306 g/mol. The van der Waals surface area contributed by atoms with Crippen molar-refractivity contribution in [1.82, 2.24) is 10.6 Å². The lowest BCUT2D eigenvalue weighted by Crippen LogP contribution is -2.93. The van der Waals surface area contributed by atoms with Crippen LogP contribution in [0.2, 0.25) is 0 Å². The second-order valence-corrected chi connectivity index (χ2v) is 6.63. The number of benzene rings is 1. The summed E-state index contributed by atoms with van der Waals surface area (Å²) in [5, 5.41) is 7.73. The van der Waals surface area contributed by atoms with Crippen LogP contribution in [-0.2, 0) is 27.3 Å². The normalized spacial score (nSPS) is 24.0. The zero-order valence-corrected chi connectivity index (χ0v) is 14.1. The lowest BCUT2D eigenvalue weighted by atomic mass is 9.95. The first-order chi connectivity index (χ1) is 11.6. The first-order valence-corrected chi connectivity index (χ1v) is 8.73. The number of carbonyl (C=O) groups is 2. The SMILES string of the molecule is C[C@@H](NC(=O)[C@@H]1Cc2ccccc2C[NH2+]1)C(=O)NC[C@@H]1CCCO1. The maximum absolute atomic E-state index is 12.4. The summed E-state index contributed by atoms with van der Waals surface area (Å²) in [6, 6.07) is 7.48. The molecule has 0 unspecified atom stereocenters. The molecule has 130 valence electrons. The van der Waals surface area contributed by atoms with E-state index in [1.54, 1.807) is 6.92 Å². The second kappa shape index (κ2) is 7.77. The zero-order chi connectivity index (χ0) is 16.9. The highest BCUT2D eigenvalue weighted by atomic mass is 16.5. The van der Waals surface area contributed by atoms with E-state index in [-0.39, 0.29) is 24.0 Å². The quantitative estimate of drug-likeness (QED) is 0.678. The smallest absolute Gasteiger partial charge is 0.279 e. The Kier molecular flexibility index (Phi) is 5.48. The molecule has 2 heterocycles. The lowest BCUT2D eigenvalue weighted by Gasteiger charge is -2.24. The van der Waals surface area contributed by atoms with Crippen LogP contribution >= 0.6 is 0 Å². The molecule has 1 saturated heterocycles. The fourth-order valence-electron chi connectivity index (χ4n) is 3.30. The molecule has 4 N–H and O–H groups in total. The van der Waals surface area contributed by atoms with Gasteiger partial charge in [0.15, 0.2) is 6.04 Å². The predicted octanol–water partition coefficient (Wildman–Crippen LogP) is -0.525. The Morgan fingerprint density at radius 3 is 2.88 bits per heavy atom. The van der Waals surface area contributed by atoms with Gasteiger partial charge >= 0.3 is 0 Å². The summed E-state index contributed by atoms with van der Waals surface area (Å²) in [5.74, 6) is -0.237. The van der Waals surface area contributed by atoms with Crippen LogP contribution in [0.15, 0.2) is 24.3 Å². The maximum Gasteiger partial charge on any atom is 0.279 e. The van der Waals surface area contributed by atoms with Crippen LogP contribution in [0.3, 0.4) is 0 Å². The maximum atomic E-state index is 12.4. The van der Waals surface area contributed by atoms with Gasteiger partial charge in [0.2, 0.25) is 5.91 Å². The number of rotatable bonds is 5. The van der Waals surface area contributed by atoms with Crippen molar-refractivity contribution < 1.29 is 19.6 Å². The van der Waals surface area contributed by atoms with Crippen molar-refractivity contribution in [3.8, 4) is 0 Å². The Morgan fingerprint density at radius 1 is 1.33 bits per heavy atom. The fraction of sp³-hybridized carbons (Fsp3) is 0.556. The number of nitrogens with one attached hydrogen (secondary N) is 2. The van der Waals surface area contributed by atoms with Crippen molar-refractivity contribution in [2.45, 2.75) is 50.9 Å². The molecule has 1 aromatic rings. The van der Waals surface area contributed by atoms with Gasteiger partial charge in [-0.1, -0.05) is 24.3 Å². The van der Waals surface area contributed by atoms with Crippen molar-refractivity contribution in [3.63, 3.8) is 0 Å². The fourth-order valence-corrected chi connectivity index (χ4v) is 3.30. The molecule has 0 bridgehead atoms. The number of nitrogens with two attached hydrogens (primary N) is 1. The van der Waals surface area contributed by atoms with Gasteiger partial charge in [-0.3, -0.25) is 9.59 Å². The van der Waals surface area contributed by atoms with Crippen LogP contribution in [-0.4, -0.2) is 43.2 Å². The van der Waals surface area contributed by atoms with Crippen molar-refractivity contribution in [2.24, 2.45) is 0 Å². The van der Waals surface area contributed by atoms with Gasteiger partial charge in [-0.25, -0.2) is 0 Å². The average Bonchev–Trinajstić information content (AvgIpc) is 3.12. The summed E-state index contributed by atoms with van der Waals surface area (Å²) in [4.78, 5) is 24.6. The van der Waals surface area contributed by atoms with E-state index < -0.39 is 6.04 Å².